The van der Waals surface area contributed by atoms with Crippen LogP contribution >= 0.6 is 11.8 Å². The fourth-order valence-electron chi connectivity index (χ4n) is 2.00. The predicted molar refractivity (Wildman–Crippen MR) is 73.4 cm³/mol. The number of carbonyl (C=O) groups is 1. The van der Waals surface area contributed by atoms with Crippen molar-refractivity contribution in [2.75, 3.05) is 19.5 Å². The number of likely N-dealkylation sites (tertiary alicyclic amines) is 1. The molecule has 0 atom stereocenters. The van der Waals surface area contributed by atoms with Crippen LogP contribution in [0.4, 0.5) is 0 Å². The van der Waals surface area contributed by atoms with E-state index in [-0.39, 0.29) is 0 Å². The molecule has 1 amide bonds. The van der Waals surface area contributed by atoms with Crippen molar-refractivity contribution >= 4 is 17.7 Å². The molecule has 1 aromatic rings. The van der Waals surface area contributed by atoms with Gasteiger partial charge < -0.3 is 9.64 Å². The van der Waals surface area contributed by atoms with Gasteiger partial charge in [-0.1, -0.05) is 12.1 Å². The normalized spacial score (nSPS) is 16.1. The Morgan fingerprint density at radius 3 is 2.72 bits per heavy atom. The Labute approximate surface area is 113 Å². The van der Waals surface area contributed by atoms with E-state index in [0.29, 0.717) is 18.9 Å². The largest absolute Gasteiger partial charge is 0.380 e. The lowest BCUT2D eigenvalue weighted by Crippen LogP contribution is -2.34. The van der Waals surface area contributed by atoms with E-state index >= 15 is 0 Å². The third-order valence-corrected chi connectivity index (χ3v) is 4.09. The Morgan fingerprint density at radius 2 is 2.06 bits per heavy atom. The second-order valence-electron chi connectivity index (χ2n) is 4.46. The van der Waals surface area contributed by atoms with Gasteiger partial charge in [-0.15, -0.1) is 11.8 Å². The number of rotatable bonds is 5. The molecule has 1 fully saturated rings. The van der Waals surface area contributed by atoms with Crippen molar-refractivity contribution in [3.05, 3.63) is 29.8 Å². The van der Waals surface area contributed by atoms with Crippen LogP contribution in [0.5, 0.6) is 0 Å². The zero-order chi connectivity index (χ0) is 12.8. The zero-order valence-corrected chi connectivity index (χ0v) is 11.5. The van der Waals surface area contributed by atoms with Gasteiger partial charge in [0.15, 0.2) is 0 Å². The van der Waals surface area contributed by atoms with Crippen LogP contribution in [0.2, 0.25) is 0 Å². The summed E-state index contributed by atoms with van der Waals surface area (Å²) in [6, 6.07) is 8.33. The Hall–Kier alpha value is -1.00. The van der Waals surface area contributed by atoms with Crippen LogP contribution in [0, 0.1) is 0 Å². The summed E-state index contributed by atoms with van der Waals surface area (Å²) in [6.45, 7) is 1.56. The first-order valence-corrected chi connectivity index (χ1v) is 7.26. The maximum Gasteiger partial charge on any atom is 0.223 e. The molecule has 0 saturated carbocycles. The molecular weight excluding hydrogens is 246 g/mol. The van der Waals surface area contributed by atoms with Gasteiger partial charge in [-0.3, -0.25) is 4.79 Å². The third-order valence-electron chi connectivity index (χ3n) is 3.04. The molecule has 3 nitrogen and oxygen atoms in total. The van der Waals surface area contributed by atoms with Crippen LogP contribution in [0.15, 0.2) is 29.2 Å². The first kappa shape index (κ1) is 13.4. The molecule has 1 aliphatic heterocycles. The molecule has 1 heterocycles. The topological polar surface area (TPSA) is 29.5 Å². The molecule has 0 spiro atoms. The predicted octanol–water partition coefficient (Wildman–Crippen LogP) is 2.90. The Morgan fingerprint density at radius 1 is 1.28 bits per heavy atom. The number of methoxy groups -OCH3 is 1. The van der Waals surface area contributed by atoms with Crippen LogP contribution in [0.25, 0.3) is 0 Å². The third kappa shape index (κ3) is 3.75. The molecule has 0 N–H and O–H groups in total. The van der Waals surface area contributed by atoms with Gasteiger partial charge in [0.1, 0.15) is 0 Å². The molecule has 18 heavy (non-hydrogen) atoms. The average molecular weight is 265 g/mol. The van der Waals surface area contributed by atoms with E-state index in [2.05, 4.69) is 24.3 Å². The van der Waals surface area contributed by atoms with Crippen molar-refractivity contribution in [1.29, 1.82) is 0 Å². The van der Waals surface area contributed by atoms with Crippen LogP contribution in [-0.4, -0.2) is 30.3 Å². The number of hydrogen-bond acceptors (Lipinski definition) is 3. The van der Waals surface area contributed by atoms with Gasteiger partial charge in [0, 0.05) is 25.0 Å². The number of benzene rings is 1. The summed E-state index contributed by atoms with van der Waals surface area (Å²) in [7, 11) is 1.70. The molecule has 1 saturated heterocycles. The standard InChI is InChI=1S/C14H19NO2S/c1-17-10-12-5-7-13(8-6-12)18-11-15-9-3-2-4-14(15)16/h5-8H,2-4,9-11H2,1H3. The van der Waals surface area contributed by atoms with E-state index in [1.165, 1.54) is 10.5 Å². The van der Waals surface area contributed by atoms with Gasteiger partial charge in [0.25, 0.3) is 0 Å². The fourth-order valence-corrected chi connectivity index (χ4v) is 2.91. The SMILES string of the molecule is COCc1ccc(SCN2CCCCC2=O)cc1. The molecule has 98 valence electrons. The van der Waals surface area contributed by atoms with E-state index in [9.17, 15) is 4.79 Å². The van der Waals surface area contributed by atoms with Gasteiger partial charge in [-0.2, -0.15) is 0 Å². The number of hydrogen-bond donors (Lipinski definition) is 0. The second-order valence-corrected chi connectivity index (χ2v) is 5.48. The molecule has 0 bridgehead atoms. The first-order chi connectivity index (χ1) is 8.79. The van der Waals surface area contributed by atoms with Crippen LogP contribution < -0.4 is 0 Å². The number of ether oxygens (including phenoxy) is 1. The maximum absolute atomic E-state index is 11.7. The summed E-state index contributed by atoms with van der Waals surface area (Å²) in [4.78, 5) is 14.8. The van der Waals surface area contributed by atoms with E-state index in [1.807, 2.05) is 4.90 Å². The number of thioether (sulfide) groups is 1. The molecule has 0 aromatic heterocycles. The van der Waals surface area contributed by atoms with Crippen molar-refractivity contribution in [3.8, 4) is 0 Å². The van der Waals surface area contributed by atoms with Crippen LogP contribution in [0.1, 0.15) is 24.8 Å². The summed E-state index contributed by atoms with van der Waals surface area (Å²) in [5.41, 5.74) is 1.18. The maximum atomic E-state index is 11.7. The molecule has 2 rings (SSSR count). The first-order valence-electron chi connectivity index (χ1n) is 6.28. The Balaban J connectivity index is 1.83. The average Bonchev–Trinajstić information content (AvgIpc) is 2.40. The summed E-state index contributed by atoms with van der Waals surface area (Å²) in [5.74, 6) is 1.06. The molecule has 1 aliphatic rings. The van der Waals surface area contributed by atoms with E-state index in [4.69, 9.17) is 4.74 Å². The highest BCUT2D eigenvalue weighted by atomic mass is 32.2. The molecule has 0 radical (unpaired) electrons. The van der Waals surface area contributed by atoms with Gasteiger partial charge in [-0.05, 0) is 30.5 Å². The monoisotopic (exact) mass is 265 g/mol. The van der Waals surface area contributed by atoms with Crippen molar-refractivity contribution in [2.24, 2.45) is 0 Å². The molecular formula is C14H19NO2S. The number of nitrogens with zero attached hydrogens (tertiary/aromatic N) is 1. The lowest BCUT2D eigenvalue weighted by Gasteiger charge is -2.26. The molecule has 0 aliphatic carbocycles. The number of amides is 1. The van der Waals surface area contributed by atoms with Crippen LogP contribution in [-0.2, 0) is 16.1 Å². The van der Waals surface area contributed by atoms with E-state index in [0.717, 1.165) is 25.3 Å². The molecule has 1 aromatic carbocycles. The highest BCUT2D eigenvalue weighted by molar-refractivity contribution is 7.99. The molecule has 4 heteroatoms. The minimum Gasteiger partial charge on any atom is -0.380 e. The summed E-state index contributed by atoms with van der Waals surface area (Å²) in [6.07, 6.45) is 2.90. The van der Waals surface area contributed by atoms with Gasteiger partial charge in [0.05, 0.1) is 12.5 Å². The zero-order valence-electron chi connectivity index (χ0n) is 10.7. The van der Waals surface area contributed by atoms with Gasteiger partial charge in [-0.25, -0.2) is 0 Å². The van der Waals surface area contributed by atoms with E-state index < -0.39 is 0 Å². The minimum absolute atomic E-state index is 0.296. The lowest BCUT2D eigenvalue weighted by atomic mass is 10.1. The number of piperidine rings is 1. The van der Waals surface area contributed by atoms with Crippen LogP contribution in [0.3, 0.4) is 0 Å². The smallest absolute Gasteiger partial charge is 0.223 e. The fraction of sp³-hybridized carbons (Fsp3) is 0.500. The van der Waals surface area contributed by atoms with Crippen molar-refractivity contribution in [1.82, 2.24) is 4.90 Å². The van der Waals surface area contributed by atoms with E-state index in [1.54, 1.807) is 18.9 Å². The summed E-state index contributed by atoms with van der Waals surface area (Å²) in [5, 5.41) is 0. The second kappa shape index (κ2) is 6.81. The Kier molecular flexibility index (Phi) is 5.08. The van der Waals surface area contributed by atoms with Gasteiger partial charge in [0.2, 0.25) is 5.91 Å². The minimum atomic E-state index is 0.296. The lowest BCUT2D eigenvalue weighted by molar-refractivity contribution is -0.132. The van der Waals surface area contributed by atoms with Crippen molar-refractivity contribution in [3.63, 3.8) is 0 Å². The highest BCUT2D eigenvalue weighted by Crippen LogP contribution is 2.22. The molecule has 0 unspecified atom stereocenters. The Bertz CT molecular complexity index is 391. The highest BCUT2D eigenvalue weighted by Gasteiger charge is 2.17. The van der Waals surface area contributed by atoms with Gasteiger partial charge >= 0.3 is 0 Å². The summed E-state index contributed by atoms with van der Waals surface area (Å²) >= 11 is 1.72. The summed E-state index contributed by atoms with van der Waals surface area (Å²) < 4.78 is 5.08. The van der Waals surface area contributed by atoms with Crippen molar-refractivity contribution < 1.29 is 9.53 Å². The van der Waals surface area contributed by atoms with Crippen molar-refractivity contribution in [2.45, 2.75) is 30.8 Å². The number of carbonyl (C=O) groups excluding carboxylic acids is 1. The quantitative estimate of drug-likeness (QED) is 0.767.